The van der Waals surface area contributed by atoms with Crippen molar-refractivity contribution in [1.29, 1.82) is 0 Å². The fourth-order valence-electron chi connectivity index (χ4n) is 5.40. The van der Waals surface area contributed by atoms with Crippen LogP contribution in [0.4, 0.5) is 24.5 Å². The Kier molecular flexibility index (Phi) is 6.02. The number of halogens is 3. The van der Waals surface area contributed by atoms with E-state index < -0.39 is 11.7 Å². The Morgan fingerprint density at radius 3 is 1.97 bits per heavy atom. The summed E-state index contributed by atoms with van der Waals surface area (Å²) in [5.41, 5.74) is 0.720. The molecular weight excluding hydrogens is 459 g/mol. The van der Waals surface area contributed by atoms with Crippen LogP contribution in [0.2, 0.25) is 0 Å². The molecule has 2 heterocycles. The molecule has 1 saturated carbocycles. The van der Waals surface area contributed by atoms with Gasteiger partial charge < -0.3 is 9.80 Å². The Morgan fingerprint density at radius 1 is 0.800 bits per heavy atom. The smallest absolute Gasteiger partial charge is 0.368 e. The lowest BCUT2D eigenvalue weighted by Crippen LogP contribution is -2.48. The fourth-order valence-corrected chi connectivity index (χ4v) is 5.40. The van der Waals surface area contributed by atoms with Gasteiger partial charge in [0.1, 0.15) is 0 Å². The maximum absolute atomic E-state index is 13.0. The number of anilines is 2. The number of carbonyl (C=O) groups is 3. The predicted molar refractivity (Wildman–Crippen MR) is 124 cm³/mol. The highest BCUT2D eigenvalue weighted by atomic mass is 19.4. The van der Waals surface area contributed by atoms with E-state index in [1.54, 1.807) is 35.2 Å². The number of benzene rings is 2. The molecule has 2 aliphatic heterocycles. The van der Waals surface area contributed by atoms with Gasteiger partial charge in [-0.25, -0.2) is 0 Å². The van der Waals surface area contributed by atoms with Crippen molar-refractivity contribution in [2.45, 2.75) is 31.9 Å². The largest absolute Gasteiger partial charge is 0.416 e. The number of alkyl halides is 3. The Balaban J connectivity index is 1.23. The second kappa shape index (κ2) is 9.02. The van der Waals surface area contributed by atoms with Crippen LogP contribution in [0.1, 0.15) is 41.6 Å². The third kappa shape index (κ3) is 4.39. The van der Waals surface area contributed by atoms with E-state index in [1.165, 1.54) is 11.0 Å². The summed E-state index contributed by atoms with van der Waals surface area (Å²) < 4.78 is 39.1. The maximum atomic E-state index is 13.0. The van der Waals surface area contributed by atoms with Gasteiger partial charge >= 0.3 is 6.18 Å². The predicted octanol–water partition coefficient (Wildman–Crippen LogP) is 4.35. The Morgan fingerprint density at radius 2 is 1.40 bits per heavy atom. The quantitative estimate of drug-likeness (QED) is 0.607. The summed E-state index contributed by atoms with van der Waals surface area (Å²) in [6.45, 7) is 1.60. The summed E-state index contributed by atoms with van der Waals surface area (Å²) in [5, 5.41) is 0. The first-order valence-corrected chi connectivity index (χ1v) is 11.9. The Hall–Kier alpha value is -3.36. The van der Waals surface area contributed by atoms with Gasteiger partial charge in [0.2, 0.25) is 11.8 Å². The van der Waals surface area contributed by atoms with Crippen molar-refractivity contribution in [2.75, 3.05) is 36.0 Å². The molecule has 5 rings (SSSR count). The van der Waals surface area contributed by atoms with Crippen molar-refractivity contribution in [3.63, 3.8) is 0 Å². The van der Waals surface area contributed by atoms with E-state index in [0.717, 1.165) is 37.8 Å². The number of imide groups is 1. The lowest BCUT2D eigenvalue weighted by Gasteiger charge is -2.36. The molecule has 0 bridgehead atoms. The third-order valence-electron chi connectivity index (χ3n) is 7.32. The average Bonchev–Trinajstić information content (AvgIpc) is 3.13. The molecule has 2 aromatic rings. The summed E-state index contributed by atoms with van der Waals surface area (Å²) in [4.78, 5) is 43.4. The number of nitrogens with zero attached hydrogens (tertiary/aromatic N) is 3. The molecule has 3 amide bonds. The third-order valence-corrected chi connectivity index (χ3v) is 7.32. The summed E-state index contributed by atoms with van der Waals surface area (Å²) in [7, 11) is 0. The maximum Gasteiger partial charge on any atom is 0.416 e. The molecule has 3 aliphatic rings. The molecule has 0 aromatic heterocycles. The minimum atomic E-state index is -4.40. The van der Waals surface area contributed by atoms with E-state index in [9.17, 15) is 27.6 Å². The molecule has 3 fully saturated rings. The average molecular weight is 486 g/mol. The highest BCUT2D eigenvalue weighted by Crippen LogP contribution is 2.40. The van der Waals surface area contributed by atoms with Crippen molar-refractivity contribution in [2.24, 2.45) is 11.8 Å². The molecule has 9 heteroatoms. The Bertz CT molecular complexity index is 1120. The van der Waals surface area contributed by atoms with Crippen LogP contribution >= 0.6 is 0 Å². The second-order valence-corrected chi connectivity index (χ2v) is 9.38. The van der Waals surface area contributed by atoms with Crippen molar-refractivity contribution >= 4 is 29.1 Å². The van der Waals surface area contributed by atoms with E-state index in [4.69, 9.17) is 0 Å². The van der Waals surface area contributed by atoms with E-state index in [2.05, 4.69) is 0 Å². The molecular formula is C26H26F3N3O3. The summed E-state index contributed by atoms with van der Waals surface area (Å²) >= 11 is 0. The van der Waals surface area contributed by atoms with Crippen LogP contribution in [0.25, 0.3) is 0 Å². The zero-order chi connectivity index (χ0) is 24.7. The van der Waals surface area contributed by atoms with Gasteiger partial charge in [-0.2, -0.15) is 13.2 Å². The molecule has 2 saturated heterocycles. The minimum Gasteiger partial charge on any atom is -0.368 e. The van der Waals surface area contributed by atoms with E-state index in [1.807, 2.05) is 4.90 Å². The molecule has 1 aliphatic carbocycles. The number of piperazine rings is 1. The van der Waals surface area contributed by atoms with Gasteiger partial charge in [0.15, 0.2) is 0 Å². The summed E-state index contributed by atoms with van der Waals surface area (Å²) in [6.07, 6.45) is -0.989. The molecule has 184 valence electrons. The van der Waals surface area contributed by atoms with Crippen molar-refractivity contribution in [3.05, 3.63) is 59.7 Å². The lowest BCUT2D eigenvalue weighted by atomic mass is 9.81. The molecule has 0 radical (unpaired) electrons. The second-order valence-electron chi connectivity index (χ2n) is 9.38. The van der Waals surface area contributed by atoms with Crippen LogP contribution < -0.4 is 9.80 Å². The van der Waals surface area contributed by atoms with E-state index in [0.29, 0.717) is 43.1 Å². The van der Waals surface area contributed by atoms with E-state index in [-0.39, 0.29) is 29.6 Å². The normalized spacial score (nSPS) is 23.0. The van der Waals surface area contributed by atoms with Gasteiger partial charge in [-0.1, -0.05) is 18.9 Å². The van der Waals surface area contributed by atoms with Crippen LogP contribution in [0.15, 0.2) is 48.5 Å². The topological polar surface area (TPSA) is 60.9 Å². The van der Waals surface area contributed by atoms with Crippen LogP contribution in [0.5, 0.6) is 0 Å². The molecule has 0 spiro atoms. The number of rotatable bonds is 3. The van der Waals surface area contributed by atoms with Gasteiger partial charge in [-0.3, -0.25) is 19.3 Å². The standard InChI is InChI=1S/C26H26F3N3O3/c27-26(28,29)18-4-3-5-20(16-18)30-12-14-31(15-13-30)23(33)17-8-10-19(11-9-17)32-24(34)21-6-1-2-7-22(21)25(32)35/h3-5,8-11,16,21-22H,1-2,6-7,12-15H2/t21-,22-/m1/s1. The zero-order valence-electron chi connectivity index (χ0n) is 19.1. The van der Waals surface area contributed by atoms with Crippen molar-refractivity contribution in [3.8, 4) is 0 Å². The minimum absolute atomic E-state index is 0.149. The van der Waals surface area contributed by atoms with Crippen LogP contribution in [0, 0.1) is 11.8 Å². The van der Waals surface area contributed by atoms with Gasteiger partial charge in [-0.15, -0.1) is 0 Å². The first-order valence-electron chi connectivity index (χ1n) is 11.9. The van der Waals surface area contributed by atoms with Crippen molar-refractivity contribution < 1.29 is 27.6 Å². The number of amides is 3. The van der Waals surface area contributed by atoms with Gasteiger partial charge in [0.25, 0.3) is 5.91 Å². The van der Waals surface area contributed by atoms with Crippen LogP contribution in [-0.4, -0.2) is 48.8 Å². The molecule has 0 unspecified atom stereocenters. The first kappa shape index (κ1) is 23.4. The van der Waals surface area contributed by atoms with Gasteiger partial charge in [0, 0.05) is 37.4 Å². The number of carbonyl (C=O) groups excluding carboxylic acids is 3. The zero-order valence-corrected chi connectivity index (χ0v) is 19.1. The molecule has 35 heavy (non-hydrogen) atoms. The molecule has 2 atom stereocenters. The lowest BCUT2D eigenvalue weighted by molar-refractivity contribution is -0.137. The van der Waals surface area contributed by atoms with Crippen molar-refractivity contribution in [1.82, 2.24) is 4.90 Å². The summed E-state index contributed by atoms with van der Waals surface area (Å²) in [6, 6.07) is 11.7. The highest BCUT2D eigenvalue weighted by Gasteiger charge is 2.48. The van der Waals surface area contributed by atoms with E-state index >= 15 is 0 Å². The Labute approximate surface area is 201 Å². The first-order chi connectivity index (χ1) is 16.7. The highest BCUT2D eigenvalue weighted by molar-refractivity contribution is 6.22. The number of hydrogen-bond donors (Lipinski definition) is 0. The fraction of sp³-hybridized carbons (Fsp3) is 0.423. The SMILES string of the molecule is O=C(c1ccc(N2C(=O)[C@@H]3CCCC[C@H]3C2=O)cc1)N1CCN(c2cccc(C(F)(F)F)c2)CC1. The molecule has 0 N–H and O–H groups in total. The van der Waals surface area contributed by atoms with Crippen LogP contribution in [0.3, 0.4) is 0 Å². The summed E-state index contributed by atoms with van der Waals surface area (Å²) in [5.74, 6) is -0.946. The number of fused-ring (bicyclic) bond motifs is 1. The molecule has 2 aromatic carbocycles. The van der Waals surface area contributed by atoms with Crippen LogP contribution in [-0.2, 0) is 15.8 Å². The van der Waals surface area contributed by atoms with Gasteiger partial charge in [-0.05, 0) is 55.3 Å². The van der Waals surface area contributed by atoms with Gasteiger partial charge in [0.05, 0.1) is 23.1 Å². The number of hydrogen-bond acceptors (Lipinski definition) is 4. The monoisotopic (exact) mass is 485 g/mol. The molecule has 6 nitrogen and oxygen atoms in total.